The van der Waals surface area contributed by atoms with E-state index >= 15 is 0 Å². The van der Waals surface area contributed by atoms with Crippen LogP contribution in [0, 0.1) is 17.6 Å². The number of hydrogen-bond donors (Lipinski definition) is 1. The van der Waals surface area contributed by atoms with E-state index in [1.54, 1.807) is 6.92 Å². The molecule has 1 amide bonds. The molecule has 1 saturated heterocycles. The lowest BCUT2D eigenvalue weighted by atomic mass is 10.0. The van der Waals surface area contributed by atoms with Gasteiger partial charge in [-0.15, -0.1) is 0 Å². The molecule has 1 aliphatic heterocycles. The Balaban J connectivity index is 1.71. The van der Waals surface area contributed by atoms with Gasteiger partial charge >= 0.3 is 0 Å². The Hall–Kier alpha value is -2.32. The van der Waals surface area contributed by atoms with E-state index in [9.17, 15) is 22.0 Å². The third-order valence-electron chi connectivity index (χ3n) is 5.27. The minimum atomic E-state index is -3.59. The molecule has 29 heavy (non-hydrogen) atoms. The minimum absolute atomic E-state index is 0.0388. The number of hydrogen-bond acceptors (Lipinski definition) is 3. The molecule has 1 aliphatic rings. The fourth-order valence-corrected chi connectivity index (χ4v) is 4.83. The Morgan fingerprint density at radius 3 is 2.34 bits per heavy atom. The van der Waals surface area contributed by atoms with Gasteiger partial charge < -0.3 is 5.32 Å². The van der Waals surface area contributed by atoms with Crippen LogP contribution in [0.3, 0.4) is 0 Å². The van der Waals surface area contributed by atoms with Crippen molar-refractivity contribution in [2.75, 3.05) is 13.1 Å². The number of amides is 1. The number of piperidine rings is 1. The van der Waals surface area contributed by atoms with Crippen molar-refractivity contribution in [2.24, 2.45) is 5.92 Å². The van der Waals surface area contributed by atoms with Crippen molar-refractivity contribution in [1.29, 1.82) is 0 Å². The van der Waals surface area contributed by atoms with E-state index in [4.69, 9.17) is 0 Å². The molecule has 8 heteroatoms. The summed E-state index contributed by atoms with van der Waals surface area (Å²) in [5, 5.41) is 2.60. The molecule has 0 spiro atoms. The second-order valence-electron chi connectivity index (χ2n) is 7.47. The third-order valence-corrected chi connectivity index (χ3v) is 7.18. The summed E-state index contributed by atoms with van der Waals surface area (Å²) in [6.07, 6.45) is 1.66. The molecule has 1 unspecified atom stereocenters. The number of benzene rings is 2. The molecule has 156 valence electrons. The summed E-state index contributed by atoms with van der Waals surface area (Å²) in [6, 6.07) is 7.94. The zero-order valence-corrected chi connectivity index (χ0v) is 17.2. The van der Waals surface area contributed by atoms with Crippen LogP contribution in [0.5, 0.6) is 0 Å². The molecule has 2 aromatic rings. The molecule has 0 bridgehead atoms. The summed E-state index contributed by atoms with van der Waals surface area (Å²) < 4.78 is 54.2. The smallest absolute Gasteiger partial charge is 0.251 e. The number of rotatable bonds is 5. The molecule has 1 heterocycles. The van der Waals surface area contributed by atoms with Crippen LogP contribution in [-0.4, -0.2) is 31.7 Å². The topological polar surface area (TPSA) is 66.5 Å². The summed E-state index contributed by atoms with van der Waals surface area (Å²) >= 11 is 0. The van der Waals surface area contributed by atoms with E-state index < -0.39 is 33.6 Å². The zero-order chi connectivity index (χ0) is 21.2. The van der Waals surface area contributed by atoms with Crippen molar-refractivity contribution in [1.82, 2.24) is 9.62 Å². The SMILES string of the molecule is CC1CCN(S(=O)(=O)c2ccc(C(=O)NC(C)c3cc(F)ccc3F)cc2)CC1. The van der Waals surface area contributed by atoms with Gasteiger partial charge in [0.25, 0.3) is 5.91 Å². The number of halogens is 2. The average Bonchev–Trinajstić information content (AvgIpc) is 2.70. The highest BCUT2D eigenvalue weighted by Crippen LogP contribution is 2.24. The number of carbonyl (C=O) groups excluding carboxylic acids is 1. The lowest BCUT2D eigenvalue weighted by molar-refractivity contribution is 0.0939. The summed E-state index contributed by atoms with van der Waals surface area (Å²) in [5.74, 6) is -1.20. The molecule has 2 aromatic carbocycles. The van der Waals surface area contributed by atoms with E-state index in [0.29, 0.717) is 19.0 Å². The van der Waals surface area contributed by atoms with Gasteiger partial charge in [-0.2, -0.15) is 4.31 Å². The van der Waals surface area contributed by atoms with Crippen LogP contribution in [0.15, 0.2) is 47.4 Å². The maximum atomic E-state index is 13.9. The summed E-state index contributed by atoms with van der Waals surface area (Å²) in [5.41, 5.74) is 0.275. The summed E-state index contributed by atoms with van der Waals surface area (Å²) in [7, 11) is -3.59. The molecule has 0 saturated carbocycles. The Labute approximate surface area is 169 Å². The Kier molecular flexibility index (Phi) is 6.33. The molecule has 0 radical (unpaired) electrons. The molecule has 3 rings (SSSR count). The van der Waals surface area contributed by atoms with Gasteiger partial charge in [0.1, 0.15) is 11.6 Å². The lowest BCUT2D eigenvalue weighted by Crippen LogP contribution is -2.37. The monoisotopic (exact) mass is 422 g/mol. The van der Waals surface area contributed by atoms with E-state index in [1.165, 1.54) is 28.6 Å². The molecular formula is C21H24F2N2O3S. The Morgan fingerprint density at radius 1 is 1.10 bits per heavy atom. The quantitative estimate of drug-likeness (QED) is 0.795. The highest BCUT2D eigenvalue weighted by Gasteiger charge is 2.28. The molecule has 1 fully saturated rings. The highest BCUT2D eigenvalue weighted by molar-refractivity contribution is 7.89. The number of sulfonamides is 1. The van der Waals surface area contributed by atoms with Gasteiger partial charge in [-0.05, 0) is 68.1 Å². The van der Waals surface area contributed by atoms with Gasteiger partial charge in [0.15, 0.2) is 0 Å². The zero-order valence-electron chi connectivity index (χ0n) is 16.4. The molecule has 1 atom stereocenters. The summed E-state index contributed by atoms with van der Waals surface area (Å²) in [4.78, 5) is 12.6. The largest absolute Gasteiger partial charge is 0.345 e. The van der Waals surface area contributed by atoms with Crippen LogP contribution in [0.4, 0.5) is 8.78 Å². The highest BCUT2D eigenvalue weighted by atomic mass is 32.2. The second-order valence-corrected chi connectivity index (χ2v) is 9.41. The van der Waals surface area contributed by atoms with Gasteiger partial charge in [0, 0.05) is 24.2 Å². The van der Waals surface area contributed by atoms with Crippen molar-refractivity contribution >= 4 is 15.9 Å². The van der Waals surface area contributed by atoms with Crippen LogP contribution >= 0.6 is 0 Å². The maximum absolute atomic E-state index is 13.9. The van der Waals surface area contributed by atoms with Gasteiger partial charge in [-0.25, -0.2) is 17.2 Å². The standard InChI is InChI=1S/C21H24F2N2O3S/c1-14-9-11-25(12-10-14)29(27,28)18-6-3-16(4-7-18)21(26)24-15(2)19-13-17(22)5-8-20(19)23/h3-8,13-15H,9-12H2,1-2H3,(H,24,26). The predicted molar refractivity (Wildman–Crippen MR) is 106 cm³/mol. The van der Waals surface area contributed by atoms with E-state index in [2.05, 4.69) is 12.2 Å². The number of carbonyl (C=O) groups is 1. The van der Waals surface area contributed by atoms with E-state index in [-0.39, 0.29) is 16.0 Å². The first-order valence-electron chi connectivity index (χ1n) is 9.54. The van der Waals surface area contributed by atoms with Crippen molar-refractivity contribution in [2.45, 2.75) is 37.6 Å². The first-order chi connectivity index (χ1) is 13.7. The Morgan fingerprint density at radius 2 is 1.72 bits per heavy atom. The van der Waals surface area contributed by atoms with E-state index in [0.717, 1.165) is 31.0 Å². The molecule has 0 aromatic heterocycles. The van der Waals surface area contributed by atoms with E-state index in [1.807, 2.05) is 0 Å². The van der Waals surface area contributed by atoms with Gasteiger partial charge in [-0.3, -0.25) is 4.79 Å². The fourth-order valence-electron chi connectivity index (χ4n) is 3.36. The Bertz CT molecular complexity index is 985. The lowest BCUT2D eigenvalue weighted by Gasteiger charge is -2.29. The van der Waals surface area contributed by atoms with Gasteiger partial charge in [-0.1, -0.05) is 6.92 Å². The van der Waals surface area contributed by atoms with Gasteiger partial charge in [0.05, 0.1) is 10.9 Å². The van der Waals surface area contributed by atoms with Gasteiger partial charge in [0.2, 0.25) is 10.0 Å². The summed E-state index contributed by atoms with van der Waals surface area (Å²) in [6.45, 7) is 4.63. The fraction of sp³-hybridized carbons (Fsp3) is 0.381. The van der Waals surface area contributed by atoms with Crippen LogP contribution < -0.4 is 5.32 Å². The van der Waals surface area contributed by atoms with Crippen LogP contribution in [-0.2, 0) is 10.0 Å². The maximum Gasteiger partial charge on any atom is 0.251 e. The number of nitrogens with zero attached hydrogens (tertiary/aromatic N) is 1. The molecule has 0 aliphatic carbocycles. The molecule has 5 nitrogen and oxygen atoms in total. The second kappa shape index (κ2) is 8.59. The first-order valence-corrected chi connectivity index (χ1v) is 11.0. The van der Waals surface area contributed by atoms with Crippen molar-refractivity contribution in [3.63, 3.8) is 0 Å². The average molecular weight is 422 g/mol. The molecule has 1 N–H and O–H groups in total. The minimum Gasteiger partial charge on any atom is -0.345 e. The predicted octanol–water partition coefficient (Wildman–Crippen LogP) is 3.88. The van der Waals surface area contributed by atoms with Crippen molar-refractivity contribution in [3.8, 4) is 0 Å². The molecular weight excluding hydrogens is 398 g/mol. The normalized spacial score (nSPS) is 17.1. The van der Waals surface area contributed by atoms with Crippen molar-refractivity contribution in [3.05, 3.63) is 65.2 Å². The number of nitrogens with one attached hydrogen (secondary N) is 1. The van der Waals surface area contributed by atoms with Crippen molar-refractivity contribution < 1.29 is 22.0 Å². The van der Waals surface area contributed by atoms with Crippen LogP contribution in [0.25, 0.3) is 0 Å². The van der Waals surface area contributed by atoms with Crippen LogP contribution in [0.2, 0.25) is 0 Å². The van der Waals surface area contributed by atoms with Crippen LogP contribution in [0.1, 0.15) is 48.7 Å². The first kappa shape index (κ1) is 21.4. The third kappa shape index (κ3) is 4.82.